The van der Waals surface area contributed by atoms with Gasteiger partial charge in [0, 0.05) is 32.0 Å². The third-order valence-electron chi connectivity index (χ3n) is 6.16. The molecule has 1 radical (unpaired) electrons. The highest BCUT2D eigenvalue weighted by atomic mass is 16.5. The van der Waals surface area contributed by atoms with Gasteiger partial charge in [0.25, 0.3) is 0 Å². The molecule has 0 aliphatic heterocycles. The molecule has 0 bridgehead atoms. The number of hydrogen-bond donors (Lipinski definition) is 4. The maximum Gasteiger partial charge on any atom is 0.242 e. The minimum Gasteiger partial charge on any atom is -0.489 e. The summed E-state index contributed by atoms with van der Waals surface area (Å²) in [5.74, 6) is -0.946. The van der Waals surface area contributed by atoms with Gasteiger partial charge in [-0.25, -0.2) is 0 Å². The summed E-state index contributed by atoms with van der Waals surface area (Å²) >= 11 is 0. The smallest absolute Gasteiger partial charge is 0.242 e. The first-order chi connectivity index (χ1) is 18.9. The van der Waals surface area contributed by atoms with Crippen LogP contribution in [0.15, 0.2) is 84.9 Å². The Hall–Kier alpha value is -4.17. The highest BCUT2D eigenvalue weighted by Crippen LogP contribution is 2.16. The van der Waals surface area contributed by atoms with Crippen molar-refractivity contribution in [3.05, 3.63) is 108 Å². The summed E-state index contributed by atoms with van der Waals surface area (Å²) in [5, 5.41) is 8.97. The maximum atomic E-state index is 13.0. The predicted molar refractivity (Wildman–Crippen MR) is 151 cm³/mol. The Kier molecular flexibility index (Phi) is 12.0. The van der Waals surface area contributed by atoms with E-state index in [-0.39, 0.29) is 12.3 Å². The van der Waals surface area contributed by atoms with Crippen molar-refractivity contribution in [2.45, 2.75) is 39.0 Å². The summed E-state index contributed by atoms with van der Waals surface area (Å²) in [7, 11) is 0. The molecular formula is C31H37N4O4. The molecular weight excluding hydrogens is 492 g/mol. The first kappa shape index (κ1) is 29.4. The molecule has 2 unspecified atom stereocenters. The fourth-order valence-corrected chi connectivity index (χ4v) is 3.76. The van der Waals surface area contributed by atoms with Crippen LogP contribution in [0.3, 0.4) is 0 Å². The van der Waals surface area contributed by atoms with Crippen LogP contribution in [0.4, 0.5) is 0 Å². The fraction of sp³-hybridized carbons (Fsp3) is 0.290. The maximum absolute atomic E-state index is 13.0. The van der Waals surface area contributed by atoms with Crippen molar-refractivity contribution in [3.63, 3.8) is 0 Å². The van der Waals surface area contributed by atoms with Gasteiger partial charge in [-0.05, 0) is 35.2 Å². The average molecular weight is 530 g/mol. The molecule has 0 fully saturated rings. The van der Waals surface area contributed by atoms with Gasteiger partial charge in [-0.15, -0.1) is 0 Å². The van der Waals surface area contributed by atoms with Crippen LogP contribution in [0.25, 0.3) is 0 Å². The van der Waals surface area contributed by atoms with Gasteiger partial charge in [-0.1, -0.05) is 79.7 Å². The van der Waals surface area contributed by atoms with E-state index in [9.17, 15) is 14.4 Å². The molecule has 3 amide bonds. The van der Waals surface area contributed by atoms with E-state index >= 15 is 0 Å². The Morgan fingerprint density at radius 1 is 0.846 bits per heavy atom. The second kappa shape index (κ2) is 15.9. The van der Waals surface area contributed by atoms with Gasteiger partial charge in [0.1, 0.15) is 18.4 Å². The molecule has 0 heterocycles. The molecule has 0 saturated heterocycles. The minimum atomic E-state index is -0.789. The van der Waals surface area contributed by atoms with Gasteiger partial charge in [0.15, 0.2) is 0 Å². The van der Waals surface area contributed by atoms with E-state index in [1.54, 1.807) is 6.92 Å². The molecule has 3 aromatic rings. The van der Waals surface area contributed by atoms with Crippen molar-refractivity contribution in [2.24, 2.45) is 11.7 Å². The third kappa shape index (κ3) is 11.0. The molecule has 0 aliphatic rings. The van der Waals surface area contributed by atoms with E-state index in [1.165, 1.54) is 6.42 Å². The molecule has 8 heteroatoms. The minimum absolute atomic E-state index is 0.201. The second-order valence-corrected chi connectivity index (χ2v) is 9.38. The highest BCUT2D eigenvalue weighted by Gasteiger charge is 2.22. The normalized spacial score (nSPS) is 12.2. The summed E-state index contributed by atoms with van der Waals surface area (Å²) in [4.78, 5) is 36.9. The van der Waals surface area contributed by atoms with E-state index < -0.39 is 23.8 Å². The van der Waals surface area contributed by atoms with Gasteiger partial charge >= 0.3 is 0 Å². The zero-order valence-electron chi connectivity index (χ0n) is 22.3. The Morgan fingerprint density at radius 2 is 1.49 bits per heavy atom. The topological polar surface area (TPSA) is 123 Å². The molecule has 0 saturated carbocycles. The SMILES string of the molecule is CC(C[CH]C(=O)NC(Cc1ccc(OCc2ccccc2)cc1)C(=O)NCCNCc1ccccc1)C(N)=O. The largest absolute Gasteiger partial charge is 0.489 e. The second-order valence-electron chi connectivity index (χ2n) is 9.38. The van der Waals surface area contributed by atoms with Gasteiger partial charge in [0.05, 0.1) is 6.42 Å². The molecule has 0 aliphatic carbocycles. The van der Waals surface area contributed by atoms with Crippen LogP contribution in [-0.4, -0.2) is 36.9 Å². The van der Waals surface area contributed by atoms with Crippen molar-refractivity contribution in [2.75, 3.05) is 13.1 Å². The van der Waals surface area contributed by atoms with E-state index in [0.717, 1.165) is 16.7 Å². The molecule has 0 spiro atoms. The number of ether oxygens (including phenoxy) is 1. The monoisotopic (exact) mass is 529 g/mol. The van der Waals surface area contributed by atoms with Gasteiger partial charge in [0.2, 0.25) is 17.7 Å². The number of primary amides is 1. The Morgan fingerprint density at radius 3 is 2.13 bits per heavy atom. The fourth-order valence-electron chi connectivity index (χ4n) is 3.76. The summed E-state index contributed by atoms with van der Waals surface area (Å²) in [6.45, 7) is 3.80. The number of amides is 3. The van der Waals surface area contributed by atoms with Crippen molar-refractivity contribution in [3.8, 4) is 5.75 Å². The van der Waals surface area contributed by atoms with Crippen LogP contribution in [-0.2, 0) is 34.0 Å². The third-order valence-corrected chi connectivity index (χ3v) is 6.16. The molecule has 0 aromatic heterocycles. The summed E-state index contributed by atoms with van der Waals surface area (Å²) < 4.78 is 5.85. The molecule has 205 valence electrons. The van der Waals surface area contributed by atoms with Gasteiger partial charge < -0.3 is 26.4 Å². The zero-order valence-corrected chi connectivity index (χ0v) is 22.3. The van der Waals surface area contributed by atoms with E-state index in [2.05, 4.69) is 16.0 Å². The number of hydrogen-bond acceptors (Lipinski definition) is 5. The van der Waals surface area contributed by atoms with E-state index in [4.69, 9.17) is 10.5 Å². The molecule has 3 aromatic carbocycles. The molecule has 8 nitrogen and oxygen atoms in total. The number of rotatable bonds is 16. The molecule has 5 N–H and O–H groups in total. The van der Waals surface area contributed by atoms with Crippen LogP contribution < -0.4 is 26.4 Å². The number of nitrogens with two attached hydrogens (primary N) is 1. The Labute approximate surface area is 230 Å². The average Bonchev–Trinajstić information content (AvgIpc) is 2.96. The van der Waals surface area contributed by atoms with Gasteiger partial charge in [-0.2, -0.15) is 0 Å². The summed E-state index contributed by atoms with van der Waals surface area (Å²) in [5.41, 5.74) is 8.39. The number of carbonyl (C=O) groups is 3. The Bertz CT molecular complexity index is 1170. The first-order valence-corrected chi connectivity index (χ1v) is 13.1. The van der Waals surface area contributed by atoms with Crippen LogP contribution >= 0.6 is 0 Å². The zero-order chi connectivity index (χ0) is 27.9. The van der Waals surface area contributed by atoms with Crippen LogP contribution in [0.2, 0.25) is 0 Å². The number of benzene rings is 3. The van der Waals surface area contributed by atoms with Crippen molar-refractivity contribution in [1.29, 1.82) is 0 Å². The first-order valence-electron chi connectivity index (χ1n) is 13.1. The molecule has 2 atom stereocenters. The van der Waals surface area contributed by atoms with E-state index in [1.807, 2.05) is 84.9 Å². The lowest BCUT2D eigenvalue weighted by Crippen LogP contribution is -2.49. The van der Waals surface area contributed by atoms with Gasteiger partial charge in [-0.3, -0.25) is 14.4 Å². The van der Waals surface area contributed by atoms with Crippen LogP contribution in [0, 0.1) is 12.3 Å². The quantitative estimate of drug-likeness (QED) is 0.213. The Balaban J connectivity index is 1.53. The lowest BCUT2D eigenvalue weighted by atomic mass is 10.0. The lowest BCUT2D eigenvalue weighted by molar-refractivity contribution is -0.127. The van der Waals surface area contributed by atoms with Crippen molar-refractivity contribution in [1.82, 2.24) is 16.0 Å². The lowest BCUT2D eigenvalue weighted by Gasteiger charge is -2.19. The van der Waals surface area contributed by atoms with E-state index in [0.29, 0.717) is 38.4 Å². The number of carbonyl (C=O) groups excluding carboxylic acids is 3. The highest BCUT2D eigenvalue weighted by molar-refractivity contribution is 5.91. The van der Waals surface area contributed by atoms with Crippen molar-refractivity contribution < 1.29 is 19.1 Å². The summed E-state index contributed by atoms with van der Waals surface area (Å²) in [6, 6.07) is 26.6. The number of nitrogens with one attached hydrogen (secondary N) is 3. The van der Waals surface area contributed by atoms with Crippen molar-refractivity contribution >= 4 is 17.7 Å². The van der Waals surface area contributed by atoms with Crippen LogP contribution in [0.5, 0.6) is 5.75 Å². The standard InChI is InChI=1S/C31H37N4O4/c1-23(30(32)37)12-17-29(36)35-28(31(38)34-19-18-33-21-25-8-4-2-5-9-25)20-24-13-15-27(16-14-24)39-22-26-10-6-3-7-11-26/h2-11,13-17,23,28,33H,12,18-22H2,1H3,(H2,32,37)(H,34,38)(H,35,36). The predicted octanol–water partition coefficient (Wildman–Crippen LogP) is 2.91. The summed E-state index contributed by atoms with van der Waals surface area (Å²) in [6.07, 6.45) is 1.86. The molecule has 39 heavy (non-hydrogen) atoms. The molecule has 3 rings (SSSR count). The van der Waals surface area contributed by atoms with Crippen LogP contribution in [0.1, 0.15) is 30.0 Å².